The maximum absolute atomic E-state index is 5.61. The number of nitrogens with one attached hydrogen (secondary N) is 1. The SMILES string of the molecule is Cc1cc(C(CC2CCC2)NN)ccn1. The molecule has 0 spiro atoms. The lowest BCUT2D eigenvalue weighted by atomic mass is 9.80. The molecule has 1 aromatic heterocycles. The molecule has 82 valence electrons. The molecule has 3 heteroatoms. The standard InChI is InChI=1S/C12H19N3/c1-9-7-11(5-6-14-9)12(15-13)8-10-3-2-4-10/h5-7,10,12,15H,2-4,8,13H2,1H3. The molecule has 1 saturated carbocycles. The Morgan fingerprint density at radius 1 is 1.60 bits per heavy atom. The van der Waals surface area contributed by atoms with Gasteiger partial charge in [-0.1, -0.05) is 19.3 Å². The van der Waals surface area contributed by atoms with E-state index in [2.05, 4.69) is 22.5 Å². The van der Waals surface area contributed by atoms with Gasteiger partial charge in [0.05, 0.1) is 0 Å². The van der Waals surface area contributed by atoms with Gasteiger partial charge in [-0.25, -0.2) is 0 Å². The highest BCUT2D eigenvalue weighted by Crippen LogP contribution is 2.34. The normalized spacial score (nSPS) is 18.5. The zero-order chi connectivity index (χ0) is 10.7. The Morgan fingerprint density at radius 2 is 2.40 bits per heavy atom. The van der Waals surface area contributed by atoms with Crippen LogP contribution in [0.1, 0.15) is 43.0 Å². The second-order valence-corrected chi connectivity index (χ2v) is 4.48. The Labute approximate surface area is 91.1 Å². The van der Waals surface area contributed by atoms with Crippen molar-refractivity contribution < 1.29 is 0 Å². The third kappa shape index (κ3) is 2.55. The fourth-order valence-corrected chi connectivity index (χ4v) is 2.15. The summed E-state index contributed by atoms with van der Waals surface area (Å²) in [6, 6.07) is 4.45. The first-order chi connectivity index (χ1) is 7.29. The zero-order valence-corrected chi connectivity index (χ0v) is 9.24. The number of aryl methyl sites for hydroxylation is 1. The van der Waals surface area contributed by atoms with Crippen molar-refractivity contribution in [3.8, 4) is 0 Å². The zero-order valence-electron chi connectivity index (χ0n) is 9.24. The smallest absolute Gasteiger partial charge is 0.0463 e. The third-order valence-electron chi connectivity index (χ3n) is 3.32. The predicted octanol–water partition coefficient (Wildman–Crippen LogP) is 2.08. The Morgan fingerprint density at radius 3 is 2.93 bits per heavy atom. The number of hydrogen-bond acceptors (Lipinski definition) is 3. The van der Waals surface area contributed by atoms with E-state index < -0.39 is 0 Å². The van der Waals surface area contributed by atoms with Gasteiger partial charge in [-0.05, 0) is 37.0 Å². The van der Waals surface area contributed by atoms with Crippen molar-refractivity contribution in [2.45, 2.75) is 38.6 Å². The minimum absolute atomic E-state index is 0.289. The average Bonchev–Trinajstić information content (AvgIpc) is 2.16. The molecule has 2 rings (SSSR count). The predicted molar refractivity (Wildman–Crippen MR) is 61.0 cm³/mol. The van der Waals surface area contributed by atoms with Crippen LogP contribution in [0.15, 0.2) is 18.3 Å². The monoisotopic (exact) mass is 205 g/mol. The molecule has 0 aliphatic heterocycles. The minimum Gasteiger partial charge on any atom is -0.271 e. The summed E-state index contributed by atoms with van der Waals surface area (Å²) < 4.78 is 0. The van der Waals surface area contributed by atoms with Crippen LogP contribution < -0.4 is 11.3 Å². The molecule has 0 amide bonds. The molecular formula is C12H19N3. The number of hydrazine groups is 1. The van der Waals surface area contributed by atoms with Crippen LogP contribution in [0.2, 0.25) is 0 Å². The maximum atomic E-state index is 5.61. The summed E-state index contributed by atoms with van der Waals surface area (Å²) in [7, 11) is 0. The van der Waals surface area contributed by atoms with E-state index in [0.29, 0.717) is 0 Å². The number of nitrogens with zero attached hydrogens (tertiary/aromatic N) is 1. The van der Waals surface area contributed by atoms with E-state index in [9.17, 15) is 0 Å². The summed E-state index contributed by atoms with van der Waals surface area (Å²) in [5.41, 5.74) is 5.23. The fourth-order valence-electron chi connectivity index (χ4n) is 2.15. The van der Waals surface area contributed by atoms with Crippen molar-refractivity contribution in [1.29, 1.82) is 0 Å². The maximum Gasteiger partial charge on any atom is 0.0463 e. The minimum atomic E-state index is 0.289. The van der Waals surface area contributed by atoms with Crippen LogP contribution in [-0.4, -0.2) is 4.98 Å². The molecule has 1 aliphatic rings. The second-order valence-electron chi connectivity index (χ2n) is 4.48. The largest absolute Gasteiger partial charge is 0.271 e. The second kappa shape index (κ2) is 4.73. The van der Waals surface area contributed by atoms with Crippen molar-refractivity contribution in [3.63, 3.8) is 0 Å². The van der Waals surface area contributed by atoms with E-state index in [0.717, 1.165) is 18.0 Å². The van der Waals surface area contributed by atoms with Gasteiger partial charge in [0.1, 0.15) is 0 Å². The third-order valence-corrected chi connectivity index (χ3v) is 3.32. The molecule has 1 heterocycles. The molecule has 1 aromatic rings. The first-order valence-corrected chi connectivity index (χ1v) is 5.68. The summed E-state index contributed by atoms with van der Waals surface area (Å²) in [6.07, 6.45) is 7.12. The summed E-state index contributed by atoms with van der Waals surface area (Å²) in [5, 5.41) is 0. The van der Waals surface area contributed by atoms with E-state index >= 15 is 0 Å². The van der Waals surface area contributed by atoms with Crippen molar-refractivity contribution in [2.75, 3.05) is 0 Å². The molecule has 0 radical (unpaired) electrons. The van der Waals surface area contributed by atoms with Gasteiger partial charge in [0, 0.05) is 17.9 Å². The summed E-state index contributed by atoms with van der Waals surface area (Å²) in [4.78, 5) is 4.20. The molecule has 0 saturated heterocycles. The molecule has 1 fully saturated rings. The van der Waals surface area contributed by atoms with Crippen molar-refractivity contribution in [1.82, 2.24) is 10.4 Å². The van der Waals surface area contributed by atoms with Gasteiger partial charge in [0.15, 0.2) is 0 Å². The molecule has 3 N–H and O–H groups in total. The number of rotatable bonds is 4. The molecule has 0 bridgehead atoms. The first-order valence-electron chi connectivity index (χ1n) is 5.68. The Hall–Kier alpha value is -0.930. The number of hydrogen-bond donors (Lipinski definition) is 2. The summed E-state index contributed by atoms with van der Waals surface area (Å²) in [5.74, 6) is 6.47. The highest BCUT2D eigenvalue weighted by Gasteiger charge is 2.22. The van der Waals surface area contributed by atoms with E-state index in [-0.39, 0.29) is 6.04 Å². The molecule has 1 unspecified atom stereocenters. The molecular weight excluding hydrogens is 186 g/mol. The highest BCUT2D eigenvalue weighted by molar-refractivity contribution is 5.19. The Bertz CT molecular complexity index is 320. The van der Waals surface area contributed by atoms with E-state index in [1.807, 2.05) is 13.1 Å². The van der Waals surface area contributed by atoms with Gasteiger partial charge in [-0.2, -0.15) is 0 Å². The lowest BCUT2D eigenvalue weighted by Gasteiger charge is -2.29. The lowest BCUT2D eigenvalue weighted by Crippen LogP contribution is -2.31. The van der Waals surface area contributed by atoms with Crippen LogP contribution >= 0.6 is 0 Å². The van der Waals surface area contributed by atoms with Gasteiger partial charge in [0.25, 0.3) is 0 Å². The molecule has 0 aromatic carbocycles. The van der Waals surface area contributed by atoms with Gasteiger partial charge >= 0.3 is 0 Å². The van der Waals surface area contributed by atoms with E-state index in [1.54, 1.807) is 0 Å². The van der Waals surface area contributed by atoms with Crippen molar-refractivity contribution in [2.24, 2.45) is 11.8 Å². The molecule has 3 nitrogen and oxygen atoms in total. The first kappa shape index (κ1) is 10.6. The molecule has 1 aliphatic carbocycles. The van der Waals surface area contributed by atoms with E-state index in [1.165, 1.54) is 24.8 Å². The Balaban J connectivity index is 2.04. The van der Waals surface area contributed by atoms with Crippen LogP contribution in [0.25, 0.3) is 0 Å². The van der Waals surface area contributed by atoms with Gasteiger partial charge < -0.3 is 0 Å². The van der Waals surface area contributed by atoms with Gasteiger partial charge in [-0.15, -0.1) is 0 Å². The summed E-state index contributed by atoms with van der Waals surface area (Å²) >= 11 is 0. The van der Waals surface area contributed by atoms with Crippen LogP contribution in [0.5, 0.6) is 0 Å². The van der Waals surface area contributed by atoms with Crippen LogP contribution in [0.4, 0.5) is 0 Å². The topological polar surface area (TPSA) is 50.9 Å². The van der Waals surface area contributed by atoms with Crippen molar-refractivity contribution >= 4 is 0 Å². The van der Waals surface area contributed by atoms with Gasteiger partial charge in [0.2, 0.25) is 0 Å². The van der Waals surface area contributed by atoms with Crippen LogP contribution in [0, 0.1) is 12.8 Å². The fraction of sp³-hybridized carbons (Fsp3) is 0.583. The number of nitrogens with two attached hydrogens (primary N) is 1. The van der Waals surface area contributed by atoms with Gasteiger partial charge in [-0.3, -0.25) is 16.3 Å². The van der Waals surface area contributed by atoms with Crippen LogP contribution in [-0.2, 0) is 0 Å². The highest BCUT2D eigenvalue weighted by atomic mass is 15.2. The van der Waals surface area contributed by atoms with E-state index in [4.69, 9.17) is 5.84 Å². The lowest BCUT2D eigenvalue weighted by molar-refractivity contribution is 0.262. The summed E-state index contributed by atoms with van der Waals surface area (Å²) in [6.45, 7) is 2.01. The Kier molecular flexibility index (Phi) is 3.34. The number of aromatic nitrogens is 1. The van der Waals surface area contributed by atoms with Crippen molar-refractivity contribution in [3.05, 3.63) is 29.6 Å². The number of pyridine rings is 1. The molecule has 15 heavy (non-hydrogen) atoms. The average molecular weight is 205 g/mol. The van der Waals surface area contributed by atoms with Crippen LogP contribution in [0.3, 0.4) is 0 Å². The quantitative estimate of drug-likeness (QED) is 0.584. The molecule has 1 atom stereocenters.